The molecule has 0 spiro atoms. The number of benzene rings is 1. The molecule has 0 aliphatic heterocycles. The molecular formula is C13H19F2N3S. The number of hydrogen-bond donors (Lipinski definition) is 2. The first-order valence-electron chi connectivity index (χ1n) is 5.94. The van der Waals surface area contributed by atoms with E-state index in [0.717, 1.165) is 24.0 Å². The van der Waals surface area contributed by atoms with Crippen molar-refractivity contribution in [3.8, 4) is 0 Å². The Kier molecular flexibility index (Phi) is 5.60. The molecule has 0 amide bonds. The van der Waals surface area contributed by atoms with Gasteiger partial charge in [0.05, 0.1) is 12.2 Å². The van der Waals surface area contributed by atoms with Crippen LogP contribution in [0.5, 0.6) is 0 Å². The number of guanidine groups is 1. The third-order valence-corrected chi connectivity index (χ3v) is 3.35. The lowest BCUT2D eigenvalue weighted by atomic mass is 10.3. The fourth-order valence-corrected chi connectivity index (χ4v) is 2.08. The van der Waals surface area contributed by atoms with Gasteiger partial charge >= 0.3 is 0 Å². The summed E-state index contributed by atoms with van der Waals surface area (Å²) in [7, 11) is 0. The number of nitrogens with zero attached hydrogens (tertiary/aromatic N) is 1. The largest absolute Gasteiger partial charge is 0.370 e. The number of aliphatic imine (C=N–C) groups is 1. The van der Waals surface area contributed by atoms with E-state index in [1.807, 2.05) is 0 Å². The van der Waals surface area contributed by atoms with Gasteiger partial charge in [0.25, 0.3) is 0 Å². The van der Waals surface area contributed by atoms with Crippen molar-refractivity contribution in [3.63, 3.8) is 0 Å². The summed E-state index contributed by atoms with van der Waals surface area (Å²) >= 11 is 1.76. The zero-order valence-electron chi connectivity index (χ0n) is 11.3. The molecule has 1 aromatic carbocycles. The highest BCUT2D eigenvalue weighted by Gasteiger charge is 2.09. The maximum absolute atomic E-state index is 13.3. The highest BCUT2D eigenvalue weighted by molar-refractivity contribution is 8.00. The van der Waals surface area contributed by atoms with Gasteiger partial charge in [-0.25, -0.2) is 8.78 Å². The molecule has 0 saturated heterocycles. The molecule has 0 bridgehead atoms. The number of hydrogen-bond acceptors (Lipinski definition) is 2. The molecule has 0 unspecified atom stereocenters. The summed E-state index contributed by atoms with van der Waals surface area (Å²) in [6.45, 7) is 6.87. The average molecular weight is 287 g/mol. The molecule has 6 heteroatoms. The minimum Gasteiger partial charge on any atom is -0.370 e. The lowest BCUT2D eigenvalue weighted by Crippen LogP contribution is -2.24. The highest BCUT2D eigenvalue weighted by atomic mass is 32.2. The summed E-state index contributed by atoms with van der Waals surface area (Å²) < 4.78 is 26.4. The third kappa shape index (κ3) is 6.42. The molecule has 1 aromatic rings. The van der Waals surface area contributed by atoms with Crippen molar-refractivity contribution >= 4 is 23.4 Å². The molecule has 0 heterocycles. The van der Waals surface area contributed by atoms with Crippen molar-refractivity contribution in [2.75, 3.05) is 17.6 Å². The molecule has 0 saturated carbocycles. The standard InChI is InChI=1S/C13H19F2N3S/c1-13(2,3)19-7-6-17-12(16)18-11-8-9(14)4-5-10(11)15/h4-5,8H,6-7H2,1-3H3,(H3,16,17,18). The second-order valence-corrected chi connectivity index (χ2v) is 6.90. The van der Waals surface area contributed by atoms with E-state index < -0.39 is 11.6 Å². The summed E-state index contributed by atoms with van der Waals surface area (Å²) in [5, 5.41) is 2.55. The Bertz CT molecular complexity index is 456. The van der Waals surface area contributed by atoms with Crippen LogP contribution in [0.15, 0.2) is 23.2 Å². The molecular weight excluding hydrogens is 268 g/mol. The van der Waals surface area contributed by atoms with Crippen LogP contribution in [0, 0.1) is 11.6 Å². The van der Waals surface area contributed by atoms with E-state index in [1.54, 1.807) is 11.8 Å². The molecule has 3 N–H and O–H groups in total. The molecule has 0 atom stereocenters. The van der Waals surface area contributed by atoms with Crippen LogP contribution >= 0.6 is 11.8 Å². The van der Waals surface area contributed by atoms with Gasteiger partial charge in [-0.05, 0) is 12.1 Å². The number of rotatable bonds is 4. The number of nitrogens with two attached hydrogens (primary N) is 1. The molecule has 0 radical (unpaired) electrons. The lowest BCUT2D eigenvalue weighted by molar-refractivity contribution is 0.604. The number of nitrogens with one attached hydrogen (secondary N) is 1. The fourth-order valence-electron chi connectivity index (χ4n) is 1.29. The van der Waals surface area contributed by atoms with Gasteiger partial charge in [0.15, 0.2) is 5.96 Å². The van der Waals surface area contributed by atoms with Crippen LogP contribution in [-0.2, 0) is 0 Å². The van der Waals surface area contributed by atoms with Crippen LogP contribution in [0.1, 0.15) is 20.8 Å². The minimum absolute atomic E-state index is 0.00951. The second kappa shape index (κ2) is 6.75. The quantitative estimate of drug-likeness (QED) is 0.508. The lowest BCUT2D eigenvalue weighted by Gasteiger charge is -2.16. The predicted molar refractivity (Wildman–Crippen MR) is 78.7 cm³/mol. The van der Waals surface area contributed by atoms with Crippen LogP contribution < -0.4 is 11.1 Å². The smallest absolute Gasteiger partial charge is 0.193 e. The van der Waals surface area contributed by atoms with E-state index in [2.05, 4.69) is 31.1 Å². The Hall–Kier alpha value is -1.30. The van der Waals surface area contributed by atoms with Crippen LogP contribution in [0.3, 0.4) is 0 Å². The Morgan fingerprint density at radius 2 is 2.05 bits per heavy atom. The SMILES string of the molecule is CC(C)(C)SCCN=C(N)Nc1cc(F)ccc1F. The third-order valence-electron chi connectivity index (χ3n) is 2.10. The zero-order chi connectivity index (χ0) is 14.5. The van der Waals surface area contributed by atoms with Gasteiger partial charge < -0.3 is 11.1 Å². The molecule has 106 valence electrons. The average Bonchev–Trinajstić information content (AvgIpc) is 2.28. The monoisotopic (exact) mass is 287 g/mol. The second-order valence-electron chi connectivity index (χ2n) is 4.98. The van der Waals surface area contributed by atoms with Crippen LogP contribution in [0.4, 0.5) is 14.5 Å². The molecule has 1 rings (SSSR count). The number of halogens is 2. The molecule has 0 aliphatic rings. The summed E-state index contributed by atoms with van der Waals surface area (Å²) in [5.41, 5.74) is 5.61. The normalized spacial score (nSPS) is 12.6. The first kappa shape index (κ1) is 15.8. The molecule has 19 heavy (non-hydrogen) atoms. The Balaban J connectivity index is 2.50. The van der Waals surface area contributed by atoms with Gasteiger partial charge in [0, 0.05) is 16.6 Å². The summed E-state index contributed by atoms with van der Waals surface area (Å²) in [5.74, 6) is -0.194. The van der Waals surface area contributed by atoms with Gasteiger partial charge in [-0.1, -0.05) is 20.8 Å². The van der Waals surface area contributed by atoms with Crippen molar-refractivity contribution in [2.24, 2.45) is 10.7 Å². The Labute approximate surface area is 116 Å². The van der Waals surface area contributed by atoms with Gasteiger partial charge in [-0.3, -0.25) is 4.99 Å². The zero-order valence-corrected chi connectivity index (χ0v) is 12.2. The van der Waals surface area contributed by atoms with Gasteiger partial charge in [-0.15, -0.1) is 0 Å². The van der Waals surface area contributed by atoms with Gasteiger partial charge in [0.2, 0.25) is 0 Å². The minimum atomic E-state index is -0.566. The van der Waals surface area contributed by atoms with Crippen molar-refractivity contribution < 1.29 is 8.78 Å². The molecule has 0 fully saturated rings. The summed E-state index contributed by atoms with van der Waals surface area (Å²) in [6, 6.07) is 3.13. The van der Waals surface area contributed by atoms with Gasteiger partial charge in [0.1, 0.15) is 11.6 Å². The molecule has 0 aromatic heterocycles. The van der Waals surface area contributed by atoms with Crippen LogP contribution in [-0.4, -0.2) is 23.0 Å². The number of anilines is 1. The molecule has 3 nitrogen and oxygen atoms in total. The van der Waals surface area contributed by atoms with Crippen molar-refractivity contribution in [1.29, 1.82) is 0 Å². The van der Waals surface area contributed by atoms with Crippen molar-refractivity contribution in [3.05, 3.63) is 29.8 Å². The number of thioether (sulfide) groups is 1. The molecule has 0 aliphatic carbocycles. The maximum Gasteiger partial charge on any atom is 0.193 e. The Morgan fingerprint density at radius 3 is 2.68 bits per heavy atom. The van der Waals surface area contributed by atoms with Crippen molar-refractivity contribution in [1.82, 2.24) is 0 Å². The van der Waals surface area contributed by atoms with Crippen LogP contribution in [0.25, 0.3) is 0 Å². The predicted octanol–water partition coefficient (Wildman–Crippen LogP) is 3.22. The van der Waals surface area contributed by atoms with Gasteiger partial charge in [-0.2, -0.15) is 11.8 Å². The van der Waals surface area contributed by atoms with E-state index in [4.69, 9.17) is 5.73 Å². The van der Waals surface area contributed by atoms with Crippen LogP contribution in [0.2, 0.25) is 0 Å². The van der Waals surface area contributed by atoms with E-state index in [1.165, 1.54) is 0 Å². The summed E-state index contributed by atoms with van der Waals surface area (Å²) in [4.78, 5) is 4.07. The van der Waals surface area contributed by atoms with Crippen molar-refractivity contribution in [2.45, 2.75) is 25.5 Å². The fraction of sp³-hybridized carbons (Fsp3) is 0.462. The van der Waals surface area contributed by atoms with E-state index in [9.17, 15) is 8.78 Å². The van der Waals surface area contributed by atoms with E-state index in [0.29, 0.717) is 6.54 Å². The van der Waals surface area contributed by atoms with E-state index >= 15 is 0 Å². The maximum atomic E-state index is 13.3. The topological polar surface area (TPSA) is 50.4 Å². The first-order chi connectivity index (χ1) is 8.78. The van der Waals surface area contributed by atoms with E-state index in [-0.39, 0.29) is 16.4 Å². The first-order valence-corrected chi connectivity index (χ1v) is 6.92. The Morgan fingerprint density at radius 1 is 1.37 bits per heavy atom. The summed E-state index contributed by atoms with van der Waals surface area (Å²) in [6.07, 6.45) is 0. The highest BCUT2D eigenvalue weighted by Crippen LogP contribution is 2.22.